The molecule has 18 heavy (non-hydrogen) atoms. The minimum atomic E-state index is -0.792. The van der Waals surface area contributed by atoms with Crippen molar-refractivity contribution in [3.05, 3.63) is 41.7 Å². The molecule has 1 heterocycles. The van der Waals surface area contributed by atoms with Gasteiger partial charge in [-0.25, -0.2) is 0 Å². The summed E-state index contributed by atoms with van der Waals surface area (Å²) >= 11 is 0. The van der Waals surface area contributed by atoms with Gasteiger partial charge in [-0.15, -0.1) is 0 Å². The van der Waals surface area contributed by atoms with Crippen LogP contribution in [0.2, 0.25) is 0 Å². The third-order valence-corrected chi connectivity index (χ3v) is 2.98. The molecule has 4 heteroatoms. The smallest absolute Gasteiger partial charge is 0.306 e. The second-order valence-electron chi connectivity index (χ2n) is 4.58. The second-order valence-corrected chi connectivity index (χ2v) is 4.58. The standard InChI is InChI=1S/C14H16N2O2/c1-9-4-3-5-11(6-9)12-8-15-16-13(12)7-10(2)14(17)18/h3-6,8,10H,7H2,1-2H3,(H,15,16)(H,17,18). The summed E-state index contributed by atoms with van der Waals surface area (Å²) in [7, 11) is 0. The molecule has 0 amide bonds. The fourth-order valence-corrected chi connectivity index (χ4v) is 1.92. The molecule has 0 aliphatic heterocycles. The largest absolute Gasteiger partial charge is 0.481 e. The Hall–Kier alpha value is -2.10. The van der Waals surface area contributed by atoms with E-state index in [0.717, 1.165) is 16.8 Å². The predicted octanol–water partition coefficient (Wildman–Crippen LogP) is 2.65. The van der Waals surface area contributed by atoms with E-state index in [2.05, 4.69) is 16.3 Å². The quantitative estimate of drug-likeness (QED) is 0.868. The molecule has 0 fully saturated rings. The Morgan fingerprint density at radius 2 is 2.28 bits per heavy atom. The van der Waals surface area contributed by atoms with Crippen LogP contribution in [0.1, 0.15) is 18.2 Å². The highest BCUT2D eigenvalue weighted by Gasteiger charge is 2.16. The molecule has 0 aliphatic rings. The van der Waals surface area contributed by atoms with Crippen molar-refractivity contribution in [1.82, 2.24) is 10.2 Å². The summed E-state index contributed by atoms with van der Waals surface area (Å²) in [6, 6.07) is 8.10. The van der Waals surface area contributed by atoms with E-state index >= 15 is 0 Å². The molecule has 0 aliphatic carbocycles. The number of hydrogen-bond donors (Lipinski definition) is 2. The summed E-state index contributed by atoms with van der Waals surface area (Å²) in [5.74, 6) is -1.21. The summed E-state index contributed by atoms with van der Waals surface area (Å²) in [5.41, 5.74) is 4.09. The van der Waals surface area contributed by atoms with Gasteiger partial charge in [0.2, 0.25) is 0 Å². The van der Waals surface area contributed by atoms with Gasteiger partial charge in [-0.1, -0.05) is 36.8 Å². The van der Waals surface area contributed by atoms with Crippen LogP contribution >= 0.6 is 0 Å². The number of nitrogens with zero attached hydrogens (tertiary/aromatic N) is 1. The third kappa shape index (κ3) is 2.59. The topological polar surface area (TPSA) is 66.0 Å². The first-order valence-corrected chi connectivity index (χ1v) is 5.90. The molecule has 1 aromatic carbocycles. The van der Waals surface area contributed by atoms with Crippen LogP contribution in [0.25, 0.3) is 11.1 Å². The summed E-state index contributed by atoms with van der Waals surface area (Å²) in [6.45, 7) is 3.73. The zero-order chi connectivity index (χ0) is 13.1. The summed E-state index contributed by atoms with van der Waals surface area (Å²) in [4.78, 5) is 10.9. The number of rotatable bonds is 4. The molecule has 1 unspecified atom stereocenters. The van der Waals surface area contributed by atoms with Crippen LogP contribution in [0, 0.1) is 12.8 Å². The highest BCUT2D eigenvalue weighted by molar-refractivity contribution is 5.71. The maximum Gasteiger partial charge on any atom is 0.306 e. The number of aliphatic carboxylic acids is 1. The molecule has 4 nitrogen and oxygen atoms in total. The first kappa shape index (κ1) is 12.4. The monoisotopic (exact) mass is 244 g/mol. The SMILES string of the molecule is Cc1cccc(-c2cn[nH]c2CC(C)C(=O)O)c1. The van der Waals surface area contributed by atoms with E-state index < -0.39 is 11.9 Å². The highest BCUT2D eigenvalue weighted by atomic mass is 16.4. The van der Waals surface area contributed by atoms with Crippen molar-refractivity contribution in [2.75, 3.05) is 0 Å². The Bertz CT molecular complexity index is 560. The van der Waals surface area contributed by atoms with Crippen LogP contribution in [-0.4, -0.2) is 21.3 Å². The van der Waals surface area contributed by atoms with Crippen molar-refractivity contribution < 1.29 is 9.90 Å². The van der Waals surface area contributed by atoms with Crippen LogP contribution in [0.15, 0.2) is 30.5 Å². The van der Waals surface area contributed by atoms with E-state index in [4.69, 9.17) is 5.11 Å². The number of aromatic nitrogens is 2. The molecule has 0 radical (unpaired) electrons. The zero-order valence-corrected chi connectivity index (χ0v) is 10.5. The number of benzene rings is 1. The molecular formula is C14H16N2O2. The Morgan fingerprint density at radius 3 is 2.94 bits per heavy atom. The molecular weight excluding hydrogens is 228 g/mol. The first-order valence-electron chi connectivity index (χ1n) is 5.90. The van der Waals surface area contributed by atoms with E-state index in [1.165, 1.54) is 5.56 Å². The third-order valence-electron chi connectivity index (χ3n) is 2.98. The number of nitrogens with one attached hydrogen (secondary N) is 1. The number of aromatic amines is 1. The highest BCUT2D eigenvalue weighted by Crippen LogP contribution is 2.24. The van der Waals surface area contributed by atoms with Gasteiger partial charge >= 0.3 is 5.97 Å². The maximum absolute atomic E-state index is 10.9. The number of carbonyl (C=O) groups is 1. The van der Waals surface area contributed by atoms with E-state index in [1.54, 1.807) is 13.1 Å². The van der Waals surface area contributed by atoms with Crippen LogP contribution < -0.4 is 0 Å². The van der Waals surface area contributed by atoms with Gasteiger partial charge in [-0.2, -0.15) is 5.10 Å². The van der Waals surface area contributed by atoms with Crippen molar-refractivity contribution in [3.8, 4) is 11.1 Å². The van der Waals surface area contributed by atoms with Gasteiger partial charge in [0.15, 0.2) is 0 Å². The maximum atomic E-state index is 10.9. The fraction of sp³-hybridized carbons (Fsp3) is 0.286. The van der Waals surface area contributed by atoms with Crippen LogP contribution in [0.3, 0.4) is 0 Å². The van der Waals surface area contributed by atoms with Gasteiger partial charge in [-0.05, 0) is 12.5 Å². The van der Waals surface area contributed by atoms with Gasteiger partial charge in [0.25, 0.3) is 0 Å². The predicted molar refractivity (Wildman–Crippen MR) is 69.3 cm³/mol. The van der Waals surface area contributed by atoms with Crippen molar-refractivity contribution in [3.63, 3.8) is 0 Å². The van der Waals surface area contributed by atoms with E-state index in [1.807, 2.05) is 25.1 Å². The van der Waals surface area contributed by atoms with Crippen LogP contribution in [0.5, 0.6) is 0 Å². The number of aryl methyl sites for hydroxylation is 1. The number of H-pyrrole nitrogens is 1. The van der Waals surface area contributed by atoms with Crippen molar-refractivity contribution in [2.45, 2.75) is 20.3 Å². The Kier molecular flexibility index (Phi) is 3.46. The fourth-order valence-electron chi connectivity index (χ4n) is 1.92. The van der Waals surface area contributed by atoms with Gasteiger partial charge in [0.1, 0.15) is 0 Å². The lowest BCUT2D eigenvalue weighted by Gasteiger charge is -2.07. The lowest BCUT2D eigenvalue weighted by molar-refractivity contribution is -0.141. The Balaban J connectivity index is 2.30. The summed E-state index contributed by atoms with van der Waals surface area (Å²) in [5, 5.41) is 15.9. The molecule has 1 aromatic heterocycles. The molecule has 2 N–H and O–H groups in total. The minimum Gasteiger partial charge on any atom is -0.481 e. The van der Waals surface area contributed by atoms with E-state index in [0.29, 0.717) is 6.42 Å². The van der Waals surface area contributed by atoms with E-state index in [9.17, 15) is 4.79 Å². The molecule has 0 spiro atoms. The molecule has 0 saturated carbocycles. The average Bonchev–Trinajstić information content (AvgIpc) is 2.77. The average molecular weight is 244 g/mol. The first-order chi connectivity index (χ1) is 8.58. The van der Waals surface area contributed by atoms with Gasteiger partial charge in [0, 0.05) is 17.7 Å². The summed E-state index contributed by atoms with van der Waals surface area (Å²) < 4.78 is 0. The lowest BCUT2D eigenvalue weighted by Crippen LogP contribution is -2.12. The van der Waals surface area contributed by atoms with Gasteiger partial charge < -0.3 is 5.11 Å². The Labute approximate surface area is 106 Å². The Morgan fingerprint density at radius 1 is 1.50 bits per heavy atom. The number of hydrogen-bond acceptors (Lipinski definition) is 2. The molecule has 1 atom stereocenters. The van der Waals surface area contributed by atoms with Crippen molar-refractivity contribution in [2.24, 2.45) is 5.92 Å². The molecule has 2 aromatic rings. The summed E-state index contributed by atoms with van der Waals surface area (Å²) in [6.07, 6.45) is 2.21. The zero-order valence-electron chi connectivity index (χ0n) is 10.5. The normalized spacial score (nSPS) is 12.3. The van der Waals surface area contributed by atoms with Crippen LogP contribution in [0.4, 0.5) is 0 Å². The van der Waals surface area contributed by atoms with Crippen molar-refractivity contribution >= 4 is 5.97 Å². The number of carboxylic acids is 1. The number of carboxylic acid groups (broad SMARTS) is 1. The molecule has 94 valence electrons. The second kappa shape index (κ2) is 5.04. The van der Waals surface area contributed by atoms with Crippen molar-refractivity contribution in [1.29, 1.82) is 0 Å². The van der Waals surface area contributed by atoms with Crippen LogP contribution in [-0.2, 0) is 11.2 Å². The molecule has 2 rings (SSSR count). The van der Waals surface area contributed by atoms with Gasteiger partial charge in [-0.3, -0.25) is 9.89 Å². The van der Waals surface area contributed by atoms with Gasteiger partial charge in [0.05, 0.1) is 12.1 Å². The molecule has 0 saturated heterocycles. The molecule has 0 bridgehead atoms. The lowest BCUT2D eigenvalue weighted by atomic mass is 9.98. The van der Waals surface area contributed by atoms with E-state index in [-0.39, 0.29) is 0 Å². The minimum absolute atomic E-state index is 0.422.